The van der Waals surface area contributed by atoms with Crippen molar-refractivity contribution in [1.82, 2.24) is 0 Å². The van der Waals surface area contributed by atoms with Crippen LogP contribution in [0.3, 0.4) is 0 Å². The lowest BCUT2D eigenvalue weighted by Gasteiger charge is -1.77. The Morgan fingerprint density at radius 2 is 2.29 bits per heavy atom. The Labute approximate surface area is 43.8 Å². The SMILES string of the molecule is C=C1CCC(C)=N1. The van der Waals surface area contributed by atoms with Crippen molar-refractivity contribution < 1.29 is 0 Å². The van der Waals surface area contributed by atoms with Crippen LogP contribution in [0.5, 0.6) is 0 Å². The van der Waals surface area contributed by atoms with Gasteiger partial charge < -0.3 is 0 Å². The van der Waals surface area contributed by atoms with Crippen LogP contribution in [-0.2, 0) is 0 Å². The van der Waals surface area contributed by atoms with Crippen LogP contribution in [0.4, 0.5) is 0 Å². The number of allylic oxidation sites excluding steroid dienone is 1. The van der Waals surface area contributed by atoms with Crippen molar-refractivity contribution in [2.75, 3.05) is 0 Å². The van der Waals surface area contributed by atoms with Crippen molar-refractivity contribution in [3.8, 4) is 0 Å². The van der Waals surface area contributed by atoms with E-state index in [1.54, 1.807) is 0 Å². The largest absolute Gasteiger partial charge is 0.263 e. The van der Waals surface area contributed by atoms with Crippen LogP contribution in [-0.4, -0.2) is 5.71 Å². The third-order valence-corrected chi connectivity index (χ3v) is 1.12. The molecule has 0 aromatic carbocycles. The molecule has 0 radical (unpaired) electrons. The highest BCUT2D eigenvalue weighted by Gasteiger charge is 2.01. The molecule has 1 aliphatic rings. The van der Waals surface area contributed by atoms with Gasteiger partial charge in [0.15, 0.2) is 0 Å². The lowest BCUT2D eigenvalue weighted by molar-refractivity contribution is 1.07. The van der Waals surface area contributed by atoms with Crippen LogP contribution in [0.15, 0.2) is 17.3 Å². The van der Waals surface area contributed by atoms with Gasteiger partial charge in [0.25, 0.3) is 0 Å². The van der Waals surface area contributed by atoms with E-state index in [1.165, 1.54) is 5.71 Å². The number of aliphatic imine (C=N–C) groups is 1. The highest BCUT2D eigenvalue weighted by Crippen LogP contribution is 2.13. The monoisotopic (exact) mass is 95.1 g/mol. The molecule has 1 aliphatic heterocycles. The van der Waals surface area contributed by atoms with Crippen molar-refractivity contribution >= 4 is 5.71 Å². The normalized spacial score (nSPS) is 20.1. The predicted octanol–water partition coefficient (Wildman–Crippen LogP) is 1.75. The van der Waals surface area contributed by atoms with Gasteiger partial charge in [-0.15, -0.1) is 0 Å². The maximum atomic E-state index is 4.11. The second kappa shape index (κ2) is 1.49. The van der Waals surface area contributed by atoms with E-state index in [0.29, 0.717) is 0 Å². The second-order valence-corrected chi connectivity index (χ2v) is 1.91. The van der Waals surface area contributed by atoms with E-state index in [4.69, 9.17) is 0 Å². The third kappa shape index (κ3) is 0.889. The van der Waals surface area contributed by atoms with Gasteiger partial charge in [-0.3, -0.25) is 4.99 Å². The van der Waals surface area contributed by atoms with Crippen molar-refractivity contribution in [3.63, 3.8) is 0 Å². The van der Waals surface area contributed by atoms with Crippen LogP contribution in [0.25, 0.3) is 0 Å². The van der Waals surface area contributed by atoms with Crippen LogP contribution in [0.1, 0.15) is 19.8 Å². The summed E-state index contributed by atoms with van der Waals surface area (Å²) in [6, 6.07) is 0. The molecule has 0 N–H and O–H groups in total. The van der Waals surface area contributed by atoms with Gasteiger partial charge in [-0.2, -0.15) is 0 Å². The van der Waals surface area contributed by atoms with E-state index in [2.05, 4.69) is 11.6 Å². The van der Waals surface area contributed by atoms with Gasteiger partial charge >= 0.3 is 0 Å². The molecule has 1 rings (SSSR count). The van der Waals surface area contributed by atoms with Gasteiger partial charge in [0.1, 0.15) is 0 Å². The van der Waals surface area contributed by atoms with Crippen LogP contribution in [0.2, 0.25) is 0 Å². The minimum atomic E-state index is 1.04. The number of rotatable bonds is 0. The lowest BCUT2D eigenvalue weighted by atomic mass is 10.3. The summed E-state index contributed by atoms with van der Waals surface area (Å²) in [4.78, 5) is 4.11. The van der Waals surface area contributed by atoms with Gasteiger partial charge in [0.2, 0.25) is 0 Å². The van der Waals surface area contributed by atoms with E-state index in [-0.39, 0.29) is 0 Å². The van der Waals surface area contributed by atoms with Crippen LogP contribution in [0, 0.1) is 0 Å². The maximum Gasteiger partial charge on any atom is 0.0334 e. The van der Waals surface area contributed by atoms with Gasteiger partial charge in [0, 0.05) is 11.4 Å². The molecule has 38 valence electrons. The first-order chi connectivity index (χ1) is 3.29. The summed E-state index contributed by atoms with van der Waals surface area (Å²) in [5.74, 6) is 0. The second-order valence-electron chi connectivity index (χ2n) is 1.91. The van der Waals surface area contributed by atoms with Crippen molar-refractivity contribution in [2.24, 2.45) is 4.99 Å². The summed E-state index contributed by atoms with van der Waals surface area (Å²) in [5.41, 5.74) is 2.27. The van der Waals surface area contributed by atoms with Gasteiger partial charge in [-0.05, 0) is 19.8 Å². The molecular formula is C6H9N. The fraction of sp³-hybridized carbons (Fsp3) is 0.500. The highest BCUT2D eigenvalue weighted by atomic mass is 14.8. The Morgan fingerprint density at radius 1 is 1.57 bits per heavy atom. The van der Waals surface area contributed by atoms with Crippen LogP contribution < -0.4 is 0 Å². The van der Waals surface area contributed by atoms with Crippen molar-refractivity contribution in [3.05, 3.63) is 12.3 Å². The summed E-state index contributed by atoms with van der Waals surface area (Å²) >= 11 is 0. The van der Waals surface area contributed by atoms with Gasteiger partial charge in [-0.25, -0.2) is 0 Å². The molecule has 0 aromatic heterocycles. The Kier molecular flexibility index (Phi) is 0.970. The van der Waals surface area contributed by atoms with Gasteiger partial charge in [-0.1, -0.05) is 6.58 Å². The van der Waals surface area contributed by atoms with E-state index in [1.807, 2.05) is 6.92 Å². The molecule has 0 fully saturated rings. The molecule has 0 aliphatic carbocycles. The Bertz CT molecular complexity index is 122. The summed E-state index contributed by atoms with van der Waals surface area (Å²) < 4.78 is 0. The standard InChI is InChI=1S/C6H9N/c1-5-3-4-6(2)7-5/h1,3-4H2,2H3. The molecular weight excluding hydrogens is 86.1 g/mol. The van der Waals surface area contributed by atoms with E-state index >= 15 is 0 Å². The molecule has 7 heavy (non-hydrogen) atoms. The van der Waals surface area contributed by atoms with E-state index in [9.17, 15) is 0 Å². The van der Waals surface area contributed by atoms with Crippen molar-refractivity contribution in [1.29, 1.82) is 0 Å². The zero-order valence-electron chi connectivity index (χ0n) is 4.57. The molecule has 0 saturated carbocycles. The Hall–Kier alpha value is -0.590. The van der Waals surface area contributed by atoms with E-state index in [0.717, 1.165) is 18.5 Å². The molecule has 0 spiro atoms. The molecule has 1 nitrogen and oxygen atoms in total. The third-order valence-electron chi connectivity index (χ3n) is 1.12. The zero-order valence-corrected chi connectivity index (χ0v) is 4.57. The summed E-state index contributed by atoms with van der Waals surface area (Å²) in [6.45, 7) is 5.76. The molecule has 0 bridgehead atoms. The van der Waals surface area contributed by atoms with E-state index < -0.39 is 0 Å². The summed E-state index contributed by atoms with van der Waals surface area (Å²) in [7, 11) is 0. The molecule has 1 heteroatoms. The molecule has 0 amide bonds. The summed E-state index contributed by atoms with van der Waals surface area (Å²) in [5, 5.41) is 0. The minimum Gasteiger partial charge on any atom is -0.263 e. The molecule has 1 heterocycles. The Morgan fingerprint density at radius 3 is 2.43 bits per heavy atom. The summed E-state index contributed by atoms with van der Waals surface area (Å²) in [6.07, 6.45) is 2.20. The van der Waals surface area contributed by atoms with Gasteiger partial charge in [0.05, 0.1) is 0 Å². The quantitative estimate of drug-likeness (QED) is 0.434. The van der Waals surface area contributed by atoms with Crippen molar-refractivity contribution in [2.45, 2.75) is 19.8 Å². The average molecular weight is 95.1 g/mol. The first-order valence-corrected chi connectivity index (χ1v) is 2.51. The maximum absolute atomic E-state index is 4.11. The predicted molar refractivity (Wildman–Crippen MR) is 31.5 cm³/mol. The topological polar surface area (TPSA) is 12.4 Å². The highest BCUT2D eigenvalue weighted by molar-refractivity contribution is 5.85. The fourth-order valence-electron chi connectivity index (χ4n) is 0.707. The average Bonchev–Trinajstić information content (AvgIpc) is 1.87. The minimum absolute atomic E-state index is 1.04. The fourth-order valence-corrected chi connectivity index (χ4v) is 0.707. The van der Waals surface area contributed by atoms with Crippen LogP contribution >= 0.6 is 0 Å². The number of nitrogens with zero attached hydrogens (tertiary/aromatic N) is 1. The Balaban J connectivity index is 2.67. The number of hydrogen-bond donors (Lipinski definition) is 0. The zero-order chi connectivity index (χ0) is 5.28. The smallest absolute Gasteiger partial charge is 0.0334 e. The number of hydrogen-bond acceptors (Lipinski definition) is 1. The molecule has 0 aromatic rings. The first kappa shape index (κ1) is 4.57. The lowest BCUT2D eigenvalue weighted by Crippen LogP contribution is -1.77. The molecule has 0 unspecified atom stereocenters. The first-order valence-electron chi connectivity index (χ1n) is 2.51. The molecule has 0 saturated heterocycles. The molecule has 0 atom stereocenters.